The number of esters is 1. The molecule has 166 valence electrons. The lowest BCUT2D eigenvalue weighted by Crippen LogP contribution is -2.40. The van der Waals surface area contributed by atoms with Gasteiger partial charge in [-0.05, 0) is 45.1 Å². The molecule has 0 aromatic carbocycles. The van der Waals surface area contributed by atoms with Crippen LogP contribution in [0.25, 0.3) is 0 Å². The number of ether oxygens (including phenoxy) is 2. The van der Waals surface area contributed by atoms with Crippen LogP contribution in [0, 0.1) is 5.92 Å². The van der Waals surface area contributed by atoms with Crippen LogP contribution < -0.4 is 5.73 Å². The molecule has 29 heavy (non-hydrogen) atoms. The molecule has 4 N–H and O–H groups in total. The minimum absolute atomic E-state index is 0.0577. The number of carboxylic acids is 1. The average molecular weight is 430 g/mol. The van der Waals surface area contributed by atoms with Crippen LogP contribution in [0.2, 0.25) is 0 Å². The third-order valence-corrected chi connectivity index (χ3v) is 6.91. The Morgan fingerprint density at radius 2 is 2.14 bits per heavy atom. The molecule has 0 radical (unpaired) electrons. The highest BCUT2D eigenvalue weighted by Crippen LogP contribution is 2.30. The van der Waals surface area contributed by atoms with Crippen molar-refractivity contribution in [3.63, 3.8) is 0 Å². The maximum absolute atomic E-state index is 12.5. The van der Waals surface area contributed by atoms with E-state index in [2.05, 4.69) is 6.08 Å². The highest BCUT2D eigenvalue weighted by atomic mass is 32.2. The Balaban J connectivity index is 3.17. The van der Waals surface area contributed by atoms with Crippen molar-refractivity contribution >= 4 is 23.7 Å². The van der Waals surface area contributed by atoms with Crippen molar-refractivity contribution in [1.29, 1.82) is 0 Å². The summed E-state index contributed by atoms with van der Waals surface area (Å²) in [5.41, 5.74) is 5.25. The van der Waals surface area contributed by atoms with E-state index in [0.29, 0.717) is 0 Å². The van der Waals surface area contributed by atoms with Gasteiger partial charge < -0.3 is 25.4 Å². The summed E-state index contributed by atoms with van der Waals surface area (Å²) in [6, 6.07) is -1.08. The van der Waals surface area contributed by atoms with Crippen LogP contribution in [0.15, 0.2) is 23.8 Å². The first-order valence-electron chi connectivity index (χ1n) is 9.88. The second-order valence-electron chi connectivity index (χ2n) is 7.91. The van der Waals surface area contributed by atoms with Gasteiger partial charge in [-0.3, -0.25) is 9.59 Å². The molecule has 1 aliphatic rings. The van der Waals surface area contributed by atoms with Crippen LogP contribution in [-0.4, -0.2) is 64.1 Å². The molecule has 1 aliphatic heterocycles. The number of carbonyl (C=O) groups is 2. The van der Waals surface area contributed by atoms with E-state index in [1.54, 1.807) is 26.2 Å². The highest BCUT2D eigenvalue weighted by Gasteiger charge is 2.34. The number of cyclic esters (lactones) is 1. The molecule has 8 heteroatoms. The Labute approximate surface area is 177 Å². The summed E-state index contributed by atoms with van der Waals surface area (Å²) in [4.78, 5) is 23.5. The summed E-state index contributed by atoms with van der Waals surface area (Å²) < 4.78 is 11.1. The van der Waals surface area contributed by atoms with Crippen LogP contribution >= 0.6 is 11.8 Å². The van der Waals surface area contributed by atoms with Gasteiger partial charge in [-0.25, -0.2) is 0 Å². The normalized spacial score (nSPS) is 34.4. The quantitative estimate of drug-likeness (QED) is 0.451. The predicted octanol–water partition coefficient (Wildman–Crippen LogP) is 2.52. The molecule has 6 atom stereocenters. The molecule has 0 amide bonds. The lowest BCUT2D eigenvalue weighted by atomic mass is 9.95. The number of carbonyl (C=O) groups excluding carboxylic acids is 1. The molecule has 0 unspecified atom stereocenters. The van der Waals surface area contributed by atoms with Gasteiger partial charge in [-0.1, -0.05) is 25.2 Å². The smallest absolute Gasteiger partial charge is 0.321 e. The van der Waals surface area contributed by atoms with Gasteiger partial charge in [0.05, 0.1) is 18.1 Å². The van der Waals surface area contributed by atoms with Gasteiger partial charge in [-0.15, -0.1) is 0 Å². The van der Waals surface area contributed by atoms with Crippen LogP contribution in [-0.2, 0) is 19.1 Å². The summed E-state index contributed by atoms with van der Waals surface area (Å²) in [6.45, 7) is 7.47. The minimum Gasteiger partial charge on any atom is -0.480 e. The first kappa shape index (κ1) is 25.7. The molecule has 0 aromatic heterocycles. The number of hydrogen-bond acceptors (Lipinski definition) is 7. The number of rotatable bonds is 5. The third kappa shape index (κ3) is 8.50. The maximum Gasteiger partial charge on any atom is 0.321 e. The minimum atomic E-state index is -1.39. The molecular formula is C21H35NO6S. The van der Waals surface area contributed by atoms with E-state index in [1.807, 2.05) is 20.8 Å². The topological polar surface area (TPSA) is 119 Å². The predicted molar refractivity (Wildman–Crippen MR) is 115 cm³/mol. The van der Waals surface area contributed by atoms with E-state index in [9.17, 15) is 14.7 Å². The summed E-state index contributed by atoms with van der Waals surface area (Å²) >= 11 is 1.15. The third-order valence-electron chi connectivity index (χ3n) is 5.32. The Morgan fingerprint density at radius 3 is 2.72 bits per heavy atom. The monoisotopic (exact) mass is 429 g/mol. The highest BCUT2D eigenvalue weighted by molar-refractivity contribution is 8.00. The van der Waals surface area contributed by atoms with E-state index in [4.69, 9.17) is 20.3 Å². The molecule has 0 spiro atoms. The van der Waals surface area contributed by atoms with Crippen molar-refractivity contribution in [1.82, 2.24) is 0 Å². The molecule has 1 heterocycles. The van der Waals surface area contributed by atoms with Crippen LogP contribution in [0.4, 0.5) is 0 Å². The number of methoxy groups -OCH3 is 1. The van der Waals surface area contributed by atoms with E-state index in [-0.39, 0.29) is 30.3 Å². The number of allylic oxidation sites excluding steroid dienone is 1. The van der Waals surface area contributed by atoms with Crippen LogP contribution in [0.3, 0.4) is 0 Å². The van der Waals surface area contributed by atoms with E-state index in [0.717, 1.165) is 30.2 Å². The summed E-state index contributed by atoms with van der Waals surface area (Å²) in [5, 5.41) is 19.5. The fourth-order valence-electron chi connectivity index (χ4n) is 2.98. The van der Waals surface area contributed by atoms with Crippen LogP contribution in [0.1, 0.15) is 47.0 Å². The van der Waals surface area contributed by atoms with Crippen molar-refractivity contribution in [3.8, 4) is 0 Å². The molecule has 0 bridgehead atoms. The zero-order valence-electron chi connectivity index (χ0n) is 18.0. The molecule has 0 aliphatic carbocycles. The van der Waals surface area contributed by atoms with Crippen molar-refractivity contribution in [2.75, 3.05) is 12.9 Å². The van der Waals surface area contributed by atoms with E-state index >= 15 is 0 Å². The standard InChI is InChI=1S/C21H35NO6S/c1-13-7-6-8-14(2)17(27-5)9-10-21(4,26)18(11-19(23)28-15(13)3)29-12-16(22)20(24)25/h8-10,13,15-18,26H,6-7,11-12,22H2,1-5H3,(H,24,25)/b10-9+,14-8?/t13-,15+,16-,17+,18+,21+/m0/s1. The fraction of sp³-hybridized carbons (Fsp3) is 0.714. The summed E-state index contributed by atoms with van der Waals surface area (Å²) in [5.74, 6) is -1.31. The number of hydrogen-bond donors (Lipinski definition) is 3. The van der Waals surface area contributed by atoms with Gasteiger partial charge >= 0.3 is 11.9 Å². The molecule has 1 rings (SSSR count). The second kappa shape index (κ2) is 11.7. The van der Waals surface area contributed by atoms with Crippen molar-refractivity contribution in [2.45, 2.75) is 76.1 Å². The number of carboxylic acid groups (broad SMARTS) is 1. The van der Waals surface area contributed by atoms with Gasteiger partial charge in [0.1, 0.15) is 12.1 Å². The largest absolute Gasteiger partial charge is 0.480 e. The van der Waals surface area contributed by atoms with Crippen molar-refractivity contribution in [2.24, 2.45) is 11.7 Å². The summed E-state index contributed by atoms with van der Waals surface area (Å²) in [7, 11) is 1.60. The molecule has 0 aromatic rings. The van der Waals surface area contributed by atoms with E-state index in [1.165, 1.54) is 0 Å². The second-order valence-corrected chi connectivity index (χ2v) is 9.15. The molecule has 0 fully saturated rings. The number of aliphatic hydroxyl groups is 1. The summed E-state index contributed by atoms with van der Waals surface area (Å²) in [6.07, 6.45) is 6.56. The SMILES string of the molecule is CO[C@@H]1/C=C/[C@@](C)(O)[C@H](SC[C@H](N)C(=O)O)CC(=O)O[C@H](C)[C@@H](C)CCC=C1C. The lowest BCUT2D eigenvalue weighted by Gasteiger charge is -2.31. The van der Waals surface area contributed by atoms with Gasteiger partial charge in [0.25, 0.3) is 0 Å². The van der Waals surface area contributed by atoms with Gasteiger partial charge in [0, 0.05) is 18.1 Å². The average Bonchev–Trinajstić information content (AvgIpc) is 2.63. The molecule has 0 saturated carbocycles. The first-order valence-corrected chi connectivity index (χ1v) is 10.9. The van der Waals surface area contributed by atoms with E-state index < -0.39 is 28.8 Å². The van der Waals surface area contributed by atoms with Crippen LogP contribution in [0.5, 0.6) is 0 Å². The molecule has 0 saturated heterocycles. The van der Waals surface area contributed by atoms with Crippen molar-refractivity contribution < 1.29 is 29.3 Å². The number of thioether (sulfide) groups is 1. The lowest BCUT2D eigenvalue weighted by molar-refractivity contribution is -0.151. The van der Waals surface area contributed by atoms with Gasteiger partial charge in [-0.2, -0.15) is 11.8 Å². The number of aliphatic carboxylic acids is 1. The maximum atomic E-state index is 12.5. The molecular weight excluding hydrogens is 394 g/mol. The zero-order chi connectivity index (χ0) is 22.2. The number of nitrogens with two attached hydrogens (primary N) is 1. The molecule has 7 nitrogen and oxygen atoms in total. The zero-order valence-corrected chi connectivity index (χ0v) is 18.8. The van der Waals surface area contributed by atoms with Gasteiger partial charge in [0.2, 0.25) is 0 Å². The first-order chi connectivity index (χ1) is 13.5. The Bertz CT molecular complexity index is 618. The van der Waals surface area contributed by atoms with Crippen molar-refractivity contribution in [3.05, 3.63) is 23.8 Å². The van der Waals surface area contributed by atoms with Gasteiger partial charge in [0.15, 0.2) is 0 Å². The Hall–Kier alpha value is -1.35. The Kier molecular flexibility index (Phi) is 10.4. The Morgan fingerprint density at radius 1 is 1.48 bits per heavy atom. The fourth-order valence-corrected chi connectivity index (χ4v) is 4.23.